The van der Waals surface area contributed by atoms with Gasteiger partial charge in [-0.1, -0.05) is 35.9 Å². The summed E-state index contributed by atoms with van der Waals surface area (Å²) in [4.78, 5) is 18.4. The molecule has 0 atom stereocenters. The van der Waals surface area contributed by atoms with Gasteiger partial charge in [0.05, 0.1) is 17.8 Å². The van der Waals surface area contributed by atoms with Gasteiger partial charge in [0.1, 0.15) is 11.7 Å². The molecule has 0 fully saturated rings. The van der Waals surface area contributed by atoms with Crippen molar-refractivity contribution in [3.63, 3.8) is 0 Å². The average molecular weight is 355 g/mol. The number of rotatable bonds is 2. The van der Waals surface area contributed by atoms with Gasteiger partial charge in [-0.15, -0.1) is 0 Å². The van der Waals surface area contributed by atoms with Gasteiger partial charge in [-0.2, -0.15) is 4.99 Å². The number of benzene rings is 2. The fourth-order valence-corrected chi connectivity index (χ4v) is 2.98. The zero-order chi connectivity index (χ0) is 17.4. The van der Waals surface area contributed by atoms with Crippen molar-refractivity contribution in [1.29, 1.82) is 0 Å². The van der Waals surface area contributed by atoms with Crippen molar-refractivity contribution in [2.24, 2.45) is 4.99 Å². The third-order valence-corrected chi connectivity index (χ3v) is 4.29. The van der Waals surface area contributed by atoms with Gasteiger partial charge in [0.25, 0.3) is 0 Å². The van der Waals surface area contributed by atoms with Crippen LogP contribution in [-0.2, 0) is 6.54 Å². The molecule has 0 saturated carbocycles. The minimum Gasteiger partial charge on any atom is -0.459 e. The third-order valence-electron chi connectivity index (χ3n) is 4.00. The molecule has 1 aliphatic rings. The van der Waals surface area contributed by atoms with E-state index in [0.29, 0.717) is 18.1 Å². The topological polar surface area (TPSA) is 45.8 Å². The van der Waals surface area contributed by atoms with Gasteiger partial charge in [-0.25, -0.2) is 4.39 Å². The van der Waals surface area contributed by atoms with Gasteiger partial charge in [0, 0.05) is 11.3 Å². The molecule has 1 amide bonds. The summed E-state index contributed by atoms with van der Waals surface area (Å²) in [5.74, 6) is -0.323. The molecular weight excluding hydrogens is 343 g/mol. The summed E-state index contributed by atoms with van der Waals surface area (Å²) in [5, 5.41) is 0.0187. The number of furan rings is 1. The molecule has 4 rings (SSSR count). The zero-order valence-corrected chi connectivity index (χ0v) is 13.7. The van der Waals surface area contributed by atoms with Crippen molar-refractivity contribution in [3.8, 4) is 0 Å². The van der Waals surface area contributed by atoms with E-state index in [2.05, 4.69) is 4.99 Å². The minimum absolute atomic E-state index is 0.0187. The maximum Gasteiger partial charge on any atom is 0.314 e. The zero-order valence-electron chi connectivity index (χ0n) is 12.9. The number of fused-ring (bicyclic) bond motifs is 1. The summed E-state index contributed by atoms with van der Waals surface area (Å²) >= 11 is 5.91. The number of hydrogen-bond acceptors (Lipinski definition) is 2. The van der Waals surface area contributed by atoms with Gasteiger partial charge in [-0.3, -0.25) is 4.79 Å². The molecule has 0 N–H and O–H groups in total. The summed E-state index contributed by atoms with van der Waals surface area (Å²) in [6.45, 7) is 0.516. The molecule has 0 aliphatic carbocycles. The summed E-state index contributed by atoms with van der Waals surface area (Å²) in [6.07, 6.45) is 1.42. The molecular formula is C19H12ClFN2O2. The van der Waals surface area contributed by atoms with Crippen LogP contribution in [0.15, 0.2) is 70.3 Å². The van der Waals surface area contributed by atoms with Crippen LogP contribution in [0.25, 0.3) is 0 Å². The highest BCUT2D eigenvalue weighted by Crippen LogP contribution is 2.31. The fraction of sp³-hybridized carbons (Fsp3) is 0.0526. The van der Waals surface area contributed by atoms with Crippen molar-refractivity contribution in [1.82, 2.24) is 0 Å². The molecule has 0 bridgehead atoms. The molecule has 0 unspecified atom stereocenters. The largest absolute Gasteiger partial charge is 0.459 e. The first kappa shape index (κ1) is 15.6. The van der Waals surface area contributed by atoms with Crippen LogP contribution in [0.4, 0.5) is 10.1 Å². The fourth-order valence-electron chi connectivity index (χ4n) is 2.81. The number of amidine groups is 1. The number of hydrogen-bond donors (Lipinski definition) is 0. The summed E-state index contributed by atoms with van der Waals surface area (Å²) in [5.41, 5.74) is 2.53. The van der Waals surface area contributed by atoms with E-state index in [1.165, 1.54) is 18.4 Å². The Hall–Kier alpha value is -2.92. The van der Waals surface area contributed by atoms with Crippen molar-refractivity contribution >= 4 is 29.0 Å². The van der Waals surface area contributed by atoms with Crippen LogP contribution in [0.1, 0.15) is 21.7 Å². The third kappa shape index (κ3) is 2.83. The van der Waals surface area contributed by atoms with Crippen LogP contribution in [-0.4, -0.2) is 11.7 Å². The monoisotopic (exact) mass is 354 g/mol. The first-order valence-corrected chi connectivity index (χ1v) is 7.98. The second-order valence-corrected chi connectivity index (χ2v) is 5.97. The Balaban J connectivity index is 1.81. The predicted molar refractivity (Wildman–Crippen MR) is 93.6 cm³/mol. The molecule has 0 saturated heterocycles. The van der Waals surface area contributed by atoms with E-state index in [1.54, 1.807) is 18.2 Å². The number of halogens is 2. The van der Waals surface area contributed by atoms with Gasteiger partial charge in [0.15, 0.2) is 5.76 Å². The lowest BCUT2D eigenvalue weighted by Crippen LogP contribution is -2.25. The van der Waals surface area contributed by atoms with E-state index in [0.717, 1.165) is 11.1 Å². The maximum atomic E-state index is 13.5. The van der Waals surface area contributed by atoms with Crippen molar-refractivity contribution in [2.75, 3.05) is 4.90 Å². The molecule has 0 radical (unpaired) electrons. The normalized spacial score (nSPS) is 14.8. The first-order chi connectivity index (χ1) is 12.1. The predicted octanol–water partition coefficient (Wildman–Crippen LogP) is 4.68. The van der Waals surface area contributed by atoms with Gasteiger partial charge in [-0.05, 0) is 35.9 Å². The average Bonchev–Trinajstić information content (AvgIpc) is 3.26. The quantitative estimate of drug-likeness (QED) is 0.671. The number of nitrogens with zero attached hydrogens (tertiary/aromatic N) is 2. The molecule has 2 aromatic carbocycles. The Morgan fingerprint density at radius 1 is 1.16 bits per heavy atom. The Labute approximate surface area is 148 Å². The molecule has 0 spiro atoms. The molecule has 1 aliphatic heterocycles. The smallest absolute Gasteiger partial charge is 0.314 e. The van der Waals surface area contributed by atoms with Crippen LogP contribution in [0.2, 0.25) is 5.02 Å². The highest BCUT2D eigenvalue weighted by atomic mass is 35.5. The molecule has 6 heteroatoms. The second-order valence-electron chi connectivity index (χ2n) is 5.56. The van der Waals surface area contributed by atoms with Crippen LogP contribution >= 0.6 is 11.6 Å². The summed E-state index contributed by atoms with van der Waals surface area (Å²) in [6, 6.07) is 15.3. The molecule has 2 heterocycles. The number of amides is 1. The lowest BCUT2D eigenvalue weighted by Gasteiger charge is -2.19. The van der Waals surface area contributed by atoms with Crippen LogP contribution in [0.5, 0.6) is 0 Å². The van der Waals surface area contributed by atoms with Crippen LogP contribution < -0.4 is 4.90 Å². The molecule has 1 aromatic heterocycles. The Bertz CT molecular complexity index is 983. The number of carbonyl (C=O) groups is 1. The number of aliphatic imine (C=N–C) groups is 1. The minimum atomic E-state index is -0.493. The van der Waals surface area contributed by atoms with E-state index in [4.69, 9.17) is 16.0 Å². The summed E-state index contributed by atoms with van der Waals surface area (Å²) in [7, 11) is 0. The van der Waals surface area contributed by atoms with Crippen molar-refractivity contribution < 1.29 is 13.6 Å². The Kier molecular flexibility index (Phi) is 3.86. The molecule has 3 aromatic rings. The van der Waals surface area contributed by atoms with Gasteiger partial charge in [0.2, 0.25) is 0 Å². The molecule has 124 valence electrons. The second kappa shape index (κ2) is 6.18. The van der Waals surface area contributed by atoms with Gasteiger partial charge >= 0.3 is 5.91 Å². The lowest BCUT2D eigenvalue weighted by molar-refractivity contribution is 0.0976. The molecule has 25 heavy (non-hydrogen) atoms. The van der Waals surface area contributed by atoms with E-state index in [9.17, 15) is 9.18 Å². The van der Waals surface area contributed by atoms with Gasteiger partial charge < -0.3 is 9.32 Å². The lowest BCUT2D eigenvalue weighted by atomic mass is 10.1. The van der Waals surface area contributed by atoms with Crippen LogP contribution in [0.3, 0.4) is 0 Å². The summed E-state index contributed by atoms with van der Waals surface area (Å²) < 4.78 is 18.6. The van der Waals surface area contributed by atoms with E-state index in [1.807, 2.05) is 29.2 Å². The highest BCUT2D eigenvalue weighted by molar-refractivity contribution is 6.31. The van der Waals surface area contributed by atoms with E-state index in [-0.39, 0.29) is 10.8 Å². The van der Waals surface area contributed by atoms with Crippen LogP contribution in [0, 0.1) is 5.82 Å². The molecule has 4 nitrogen and oxygen atoms in total. The Morgan fingerprint density at radius 2 is 2.00 bits per heavy atom. The van der Waals surface area contributed by atoms with Crippen molar-refractivity contribution in [2.45, 2.75) is 6.54 Å². The maximum absolute atomic E-state index is 13.5. The SMILES string of the molecule is O=C(N=C1c2ccccc2CN1c1ccc(F)c(Cl)c1)c1ccco1. The standard InChI is InChI=1S/C19H12ClFN2O2/c20-15-10-13(7-8-16(15)21)23-11-12-4-1-2-5-14(12)18(23)22-19(24)17-6-3-9-25-17/h1-10H,11H2. The number of anilines is 1. The number of carbonyl (C=O) groups excluding carboxylic acids is 1. The van der Waals surface area contributed by atoms with Crippen molar-refractivity contribution in [3.05, 3.63) is 88.6 Å². The van der Waals surface area contributed by atoms with E-state index >= 15 is 0 Å². The first-order valence-electron chi connectivity index (χ1n) is 7.61. The Morgan fingerprint density at radius 3 is 2.76 bits per heavy atom. The van der Waals surface area contributed by atoms with E-state index < -0.39 is 11.7 Å². The highest BCUT2D eigenvalue weighted by Gasteiger charge is 2.28.